The number of nitrogen functional groups attached to an aromatic ring is 1. The summed E-state index contributed by atoms with van der Waals surface area (Å²) in [6.07, 6.45) is 12.7. The van der Waals surface area contributed by atoms with E-state index in [0.717, 1.165) is 35.1 Å². The van der Waals surface area contributed by atoms with Gasteiger partial charge in [-0.15, -0.1) is 12.3 Å². The van der Waals surface area contributed by atoms with Crippen molar-refractivity contribution in [1.29, 1.82) is 0 Å². The van der Waals surface area contributed by atoms with Gasteiger partial charge < -0.3 is 16.8 Å². The third-order valence-corrected chi connectivity index (χ3v) is 8.18. The SMILES string of the molecule is C#CC.C#CN.CC.CC.CCCN=Cc1cc(C(=O)NCC(CCF)c2cc(C(C)CC)c(C)c(-c3ccc(F)c(Cl)c3C)n2)cc(C)c1N. The lowest BCUT2D eigenvalue weighted by atomic mass is 9.88. The average Bonchev–Trinajstić information content (AvgIpc) is 3.13. The van der Waals surface area contributed by atoms with E-state index in [1.165, 1.54) is 6.07 Å². The van der Waals surface area contributed by atoms with Crippen molar-refractivity contribution in [1.82, 2.24) is 10.3 Å². The van der Waals surface area contributed by atoms with Crippen LogP contribution in [0.3, 0.4) is 0 Å². The highest BCUT2D eigenvalue weighted by Gasteiger charge is 2.23. The van der Waals surface area contributed by atoms with Gasteiger partial charge in [0.25, 0.3) is 5.91 Å². The fourth-order valence-corrected chi connectivity index (χ4v) is 5.09. The largest absolute Gasteiger partial charge is 0.398 e. The van der Waals surface area contributed by atoms with Crippen molar-refractivity contribution in [2.24, 2.45) is 10.7 Å². The predicted octanol–water partition coefficient (Wildman–Crippen LogP) is 10.5. The molecule has 2 unspecified atom stereocenters. The topological polar surface area (TPSA) is 106 Å². The third-order valence-electron chi connectivity index (χ3n) is 7.72. The molecule has 51 heavy (non-hydrogen) atoms. The molecule has 2 aromatic carbocycles. The number of nitrogens with two attached hydrogens (primary N) is 2. The first-order valence-corrected chi connectivity index (χ1v) is 18.0. The Balaban J connectivity index is 0. The lowest BCUT2D eigenvalue weighted by molar-refractivity contribution is 0.0950. The molecule has 3 aromatic rings. The highest BCUT2D eigenvalue weighted by Crippen LogP contribution is 2.36. The van der Waals surface area contributed by atoms with E-state index in [1.807, 2.05) is 54.5 Å². The van der Waals surface area contributed by atoms with Crippen LogP contribution >= 0.6 is 11.6 Å². The number of terminal acetylenes is 2. The van der Waals surface area contributed by atoms with Gasteiger partial charge in [0.2, 0.25) is 0 Å². The molecule has 280 valence electrons. The molecule has 6 nitrogen and oxygen atoms in total. The van der Waals surface area contributed by atoms with E-state index < -0.39 is 12.5 Å². The third kappa shape index (κ3) is 15.2. The Kier molecular flexibility index (Phi) is 26.1. The number of hydrogen-bond donors (Lipinski definition) is 3. The van der Waals surface area contributed by atoms with Gasteiger partial charge in [-0.05, 0) is 112 Å². The molecule has 1 amide bonds. The van der Waals surface area contributed by atoms with Crippen LogP contribution in [0.15, 0.2) is 35.3 Å². The van der Waals surface area contributed by atoms with Gasteiger partial charge in [0.05, 0.1) is 17.4 Å². The first-order chi connectivity index (χ1) is 24.4. The van der Waals surface area contributed by atoms with Crippen LogP contribution in [0.2, 0.25) is 5.02 Å². The second-order valence-corrected chi connectivity index (χ2v) is 11.5. The maximum absolute atomic E-state index is 14.2. The molecule has 0 saturated carbocycles. The van der Waals surface area contributed by atoms with E-state index in [4.69, 9.17) is 22.3 Å². The number of nitrogens with one attached hydrogen (secondary N) is 1. The Hall–Kier alpha value is -4.40. The van der Waals surface area contributed by atoms with Gasteiger partial charge in [0.15, 0.2) is 0 Å². The van der Waals surface area contributed by atoms with Gasteiger partial charge in [-0.1, -0.05) is 66.5 Å². The van der Waals surface area contributed by atoms with Crippen molar-refractivity contribution in [2.75, 3.05) is 25.5 Å². The number of rotatable bonds is 12. The van der Waals surface area contributed by atoms with Crippen LogP contribution in [0.5, 0.6) is 0 Å². The number of amides is 1. The number of pyridine rings is 1. The zero-order valence-corrected chi connectivity index (χ0v) is 33.4. The number of anilines is 1. The van der Waals surface area contributed by atoms with Gasteiger partial charge in [-0.2, -0.15) is 0 Å². The first kappa shape index (κ1) is 48.7. The lowest BCUT2D eigenvalue weighted by Gasteiger charge is -2.23. The predicted molar refractivity (Wildman–Crippen MR) is 217 cm³/mol. The molecule has 0 radical (unpaired) electrons. The molecule has 0 aliphatic rings. The lowest BCUT2D eigenvalue weighted by Crippen LogP contribution is -2.29. The Morgan fingerprint density at radius 3 is 2.22 bits per heavy atom. The summed E-state index contributed by atoms with van der Waals surface area (Å²) in [6.45, 7) is 21.9. The minimum absolute atomic E-state index is 0.0599. The molecule has 9 heteroatoms. The quantitative estimate of drug-likeness (QED) is 0.0748. The minimum atomic E-state index is -0.565. The first-order valence-electron chi connectivity index (χ1n) is 17.6. The number of aliphatic imine (C=N–C) groups is 1. The monoisotopic (exact) mass is 723 g/mol. The van der Waals surface area contributed by atoms with E-state index in [2.05, 4.69) is 48.7 Å². The smallest absolute Gasteiger partial charge is 0.251 e. The highest BCUT2D eigenvalue weighted by molar-refractivity contribution is 6.31. The van der Waals surface area contributed by atoms with Crippen molar-refractivity contribution in [3.05, 3.63) is 80.2 Å². The fraction of sp³-hybridized carbons (Fsp3) is 0.452. The summed E-state index contributed by atoms with van der Waals surface area (Å²) in [4.78, 5) is 22.6. The number of hydrogen-bond acceptors (Lipinski definition) is 5. The van der Waals surface area contributed by atoms with Crippen LogP contribution in [0.25, 0.3) is 11.3 Å². The van der Waals surface area contributed by atoms with Crippen LogP contribution in [-0.4, -0.2) is 36.9 Å². The molecule has 1 heterocycles. The Morgan fingerprint density at radius 1 is 1.10 bits per heavy atom. The molecular formula is C42H60ClF2N5O. The molecule has 3 rings (SSSR count). The van der Waals surface area contributed by atoms with Crippen LogP contribution in [0.4, 0.5) is 14.5 Å². The fourth-order valence-electron chi connectivity index (χ4n) is 4.92. The van der Waals surface area contributed by atoms with E-state index >= 15 is 0 Å². The molecule has 2 atom stereocenters. The number of carbonyl (C=O) groups is 1. The van der Waals surface area contributed by atoms with E-state index in [0.29, 0.717) is 40.3 Å². The number of alkyl halides is 1. The van der Waals surface area contributed by atoms with Gasteiger partial charge >= 0.3 is 0 Å². The van der Waals surface area contributed by atoms with E-state index in [1.54, 1.807) is 44.3 Å². The summed E-state index contributed by atoms with van der Waals surface area (Å²) in [5, 5.41) is 3.05. The van der Waals surface area contributed by atoms with Crippen LogP contribution in [-0.2, 0) is 0 Å². The number of halogens is 3. The maximum atomic E-state index is 14.2. The van der Waals surface area contributed by atoms with Gasteiger partial charge in [0, 0.05) is 53.3 Å². The Labute approximate surface area is 312 Å². The van der Waals surface area contributed by atoms with Gasteiger partial charge in [0.1, 0.15) is 5.82 Å². The molecule has 5 N–H and O–H groups in total. The van der Waals surface area contributed by atoms with E-state index in [-0.39, 0.29) is 35.7 Å². The minimum Gasteiger partial charge on any atom is -0.398 e. The van der Waals surface area contributed by atoms with Crippen LogP contribution in [0.1, 0.15) is 130 Å². The van der Waals surface area contributed by atoms with Crippen molar-refractivity contribution < 1.29 is 13.6 Å². The second kappa shape index (κ2) is 27.3. The van der Waals surface area contributed by atoms with Crippen molar-refractivity contribution in [3.63, 3.8) is 0 Å². The van der Waals surface area contributed by atoms with Crippen molar-refractivity contribution in [2.45, 2.75) is 107 Å². The number of aryl methyl sites for hydroxylation is 1. The molecule has 0 saturated heterocycles. The summed E-state index contributed by atoms with van der Waals surface area (Å²) in [5.41, 5.74) is 17.9. The van der Waals surface area contributed by atoms with Gasteiger partial charge in [-0.3, -0.25) is 19.2 Å². The summed E-state index contributed by atoms with van der Waals surface area (Å²) in [6, 6.07) is 10.3. The zero-order valence-electron chi connectivity index (χ0n) is 32.6. The zero-order chi connectivity index (χ0) is 39.7. The normalized spacial score (nSPS) is 11.0. The number of carbonyl (C=O) groups excluding carboxylic acids is 1. The van der Waals surface area contributed by atoms with Crippen molar-refractivity contribution >= 4 is 29.4 Å². The standard InChI is InChI=1S/C33H41ClF2N4O.C3H4.C2H3N.2C2H6/c1-7-13-38-17-25-15-24(14-20(4)31(25)37)33(41)39-18-23(11-12-35)29-16-27(19(3)8-2)22(6)32(40-29)26-9-10-28(36)30(34)21(26)5;1-3-2;1-2-3;2*1-2/h9-10,14-17,19,23H,7-8,11-13,18,37H2,1-6H3,(H,39,41);1H,2H3;1H,3H2;2*1-2H3. The number of benzene rings is 2. The summed E-state index contributed by atoms with van der Waals surface area (Å²) in [7, 11) is 0. The molecule has 0 aliphatic carbocycles. The van der Waals surface area contributed by atoms with Gasteiger partial charge in [-0.25, -0.2) is 4.39 Å². The Bertz CT molecular complexity index is 1600. The molecule has 1 aromatic heterocycles. The molecule has 0 aliphatic heterocycles. The number of nitrogens with zero attached hydrogens (tertiary/aromatic N) is 2. The molecule has 0 fully saturated rings. The molecule has 0 bridgehead atoms. The summed E-state index contributed by atoms with van der Waals surface area (Å²) < 4.78 is 28.0. The highest BCUT2D eigenvalue weighted by atomic mass is 35.5. The van der Waals surface area contributed by atoms with E-state index in [9.17, 15) is 13.6 Å². The average molecular weight is 724 g/mol. The summed E-state index contributed by atoms with van der Waals surface area (Å²) in [5.74, 6) is 1.33. The number of aromatic nitrogens is 1. The second-order valence-electron chi connectivity index (χ2n) is 11.1. The molecular weight excluding hydrogens is 664 g/mol. The molecule has 0 spiro atoms. The maximum Gasteiger partial charge on any atom is 0.251 e. The van der Waals surface area contributed by atoms with Crippen LogP contribution < -0.4 is 16.8 Å². The Morgan fingerprint density at radius 2 is 1.69 bits per heavy atom. The summed E-state index contributed by atoms with van der Waals surface area (Å²) >= 11 is 6.26. The van der Waals surface area contributed by atoms with Crippen LogP contribution in [0, 0.1) is 51.4 Å². The van der Waals surface area contributed by atoms with Crippen molar-refractivity contribution in [3.8, 4) is 36.1 Å².